The van der Waals surface area contributed by atoms with E-state index < -0.39 is 10.9 Å². The van der Waals surface area contributed by atoms with Crippen molar-refractivity contribution < 1.29 is 19.2 Å². The number of nitro benzene ring substituents is 1. The van der Waals surface area contributed by atoms with Crippen LogP contribution in [-0.2, 0) is 4.74 Å². The topological polar surface area (TPSA) is 78.7 Å². The summed E-state index contributed by atoms with van der Waals surface area (Å²) in [6.07, 6.45) is 0. The number of hydrogen-bond acceptors (Lipinski definition) is 5. The van der Waals surface area contributed by atoms with E-state index in [-0.39, 0.29) is 5.69 Å². The highest BCUT2D eigenvalue weighted by atomic mass is 16.6. The number of nitrogens with zero attached hydrogens (tertiary/aromatic N) is 1. The van der Waals surface area contributed by atoms with Crippen molar-refractivity contribution >= 4 is 11.7 Å². The molecule has 6 heteroatoms. The highest BCUT2D eigenvalue weighted by molar-refractivity contribution is 5.91. The largest absolute Gasteiger partial charge is 0.496 e. The van der Waals surface area contributed by atoms with Gasteiger partial charge in [0.25, 0.3) is 5.69 Å². The van der Waals surface area contributed by atoms with Crippen LogP contribution in [0.2, 0.25) is 0 Å². The van der Waals surface area contributed by atoms with Crippen molar-refractivity contribution in [1.82, 2.24) is 0 Å². The van der Waals surface area contributed by atoms with Gasteiger partial charge in [-0.2, -0.15) is 0 Å². The first-order valence-corrected chi connectivity index (χ1v) is 6.49. The molecule has 0 heterocycles. The summed E-state index contributed by atoms with van der Waals surface area (Å²) < 4.78 is 10.0. The van der Waals surface area contributed by atoms with Crippen LogP contribution in [0, 0.1) is 17.0 Å². The molecule has 114 valence electrons. The van der Waals surface area contributed by atoms with Crippen molar-refractivity contribution in [2.75, 3.05) is 14.2 Å². The second-order valence-electron chi connectivity index (χ2n) is 4.67. The number of nitro groups is 1. The highest BCUT2D eigenvalue weighted by Crippen LogP contribution is 2.36. The molecular weight excluding hydrogens is 286 g/mol. The van der Waals surface area contributed by atoms with Crippen molar-refractivity contribution in [1.29, 1.82) is 0 Å². The number of methoxy groups -OCH3 is 2. The zero-order chi connectivity index (χ0) is 16.3. The molecule has 0 unspecified atom stereocenters. The summed E-state index contributed by atoms with van der Waals surface area (Å²) in [5, 5.41) is 11.0. The number of hydrogen-bond donors (Lipinski definition) is 0. The van der Waals surface area contributed by atoms with Crippen LogP contribution in [-0.4, -0.2) is 25.1 Å². The highest BCUT2D eigenvalue weighted by Gasteiger charge is 2.17. The number of rotatable bonds is 4. The van der Waals surface area contributed by atoms with E-state index in [2.05, 4.69) is 0 Å². The van der Waals surface area contributed by atoms with E-state index in [1.165, 1.54) is 26.4 Å². The summed E-state index contributed by atoms with van der Waals surface area (Å²) in [5.41, 5.74) is 2.18. The summed E-state index contributed by atoms with van der Waals surface area (Å²) in [6.45, 7) is 1.74. The van der Waals surface area contributed by atoms with E-state index >= 15 is 0 Å². The lowest BCUT2D eigenvalue weighted by Gasteiger charge is -2.12. The first kappa shape index (κ1) is 15.5. The Kier molecular flexibility index (Phi) is 4.41. The van der Waals surface area contributed by atoms with Gasteiger partial charge in [-0.1, -0.05) is 12.1 Å². The van der Waals surface area contributed by atoms with Crippen molar-refractivity contribution in [2.24, 2.45) is 0 Å². The predicted octanol–water partition coefficient (Wildman–Crippen LogP) is 3.37. The summed E-state index contributed by atoms with van der Waals surface area (Å²) in [4.78, 5) is 22.2. The molecule has 0 fully saturated rings. The second kappa shape index (κ2) is 6.26. The second-order valence-corrected chi connectivity index (χ2v) is 4.67. The molecular formula is C16H15NO5. The van der Waals surface area contributed by atoms with Gasteiger partial charge in [0.15, 0.2) is 0 Å². The van der Waals surface area contributed by atoms with E-state index in [0.29, 0.717) is 28.0 Å². The molecule has 0 spiro atoms. The number of aryl methyl sites for hydroxylation is 1. The lowest BCUT2D eigenvalue weighted by atomic mass is 9.99. The molecule has 22 heavy (non-hydrogen) atoms. The number of ether oxygens (including phenoxy) is 2. The predicted molar refractivity (Wildman–Crippen MR) is 81.2 cm³/mol. The standard InChI is InChI=1S/C16H15NO5/c1-10-7-13(17(19)20)9-14(15(10)21-2)11-5-4-6-12(8-11)16(18)22-3/h4-9H,1-3H3. The van der Waals surface area contributed by atoms with Gasteiger partial charge in [0.2, 0.25) is 0 Å². The molecule has 2 aromatic carbocycles. The maximum Gasteiger partial charge on any atom is 0.337 e. The van der Waals surface area contributed by atoms with E-state index in [0.717, 1.165) is 0 Å². The zero-order valence-electron chi connectivity index (χ0n) is 12.5. The molecule has 0 aliphatic rings. The normalized spacial score (nSPS) is 10.1. The molecule has 0 saturated heterocycles. The summed E-state index contributed by atoms with van der Waals surface area (Å²) in [7, 11) is 2.80. The van der Waals surface area contributed by atoms with Gasteiger partial charge in [-0.05, 0) is 30.2 Å². The van der Waals surface area contributed by atoms with Crippen LogP contribution in [0.5, 0.6) is 5.75 Å². The first-order valence-electron chi connectivity index (χ1n) is 6.49. The SMILES string of the molecule is COC(=O)c1cccc(-c2cc([N+](=O)[O-])cc(C)c2OC)c1. The molecule has 0 amide bonds. The molecule has 0 aromatic heterocycles. The van der Waals surface area contributed by atoms with Gasteiger partial charge in [0, 0.05) is 17.7 Å². The third-order valence-corrected chi connectivity index (χ3v) is 3.27. The number of esters is 1. The van der Waals surface area contributed by atoms with Crippen LogP contribution in [0.4, 0.5) is 5.69 Å². The Balaban J connectivity index is 2.65. The van der Waals surface area contributed by atoms with Crippen molar-refractivity contribution in [3.63, 3.8) is 0 Å². The molecule has 0 atom stereocenters. The smallest absolute Gasteiger partial charge is 0.337 e. The summed E-state index contributed by atoms with van der Waals surface area (Å²) in [5.74, 6) is 0.0654. The van der Waals surface area contributed by atoms with Crippen LogP contribution in [0.15, 0.2) is 36.4 Å². The minimum absolute atomic E-state index is 0.0308. The maximum atomic E-state index is 11.6. The van der Waals surface area contributed by atoms with Gasteiger partial charge in [-0.3, -0.25) is 10.1 Å². The fraction of sp³-hybridized carbons (Fsp3) is 0.188. The van der Waals surface area contributed by atoms with Gasteiger partial charge < -0.3 is 9.47 Å². The molecule has 0 bridgehead atoms. The monoisotopic (exact) mass is 301 g/mol. The number of carbonyl (C=O) groups is 1. The van der Waals surface area contributed by atoms with Crippen molar-refractivity contribution in [2.45, 2.75) is 6.92 Å². The first-order chi connectivity index (χ1) is 10.5. The Morgan fingerprint density at radius 1 is 1.18 bits per heavy atom. The van der Waals surface area contributed by atoms with Gasteiger partial charge in [0.05, 0.1) is 24.7 Å². The quantitative estimate of drug-likeness (QED) is 0.491. The Hall–Kier alpha value is -2.89. The van der Waals surface area contributed by atoms with Crippen LogP contribution in [0.3, 0.4) is 0 Å². The zero-order valence-corrected chi connectivity index (χ0v) is 12.5. The summed E-state index contributed by atoms with van der Waals surface area (Å²) in [6, 6.07) is 9.57. The Bertz CT molecular complexity index is 739. The third kappa shape index (κ3) is 2.90. The number of benzene rings is 2. The van der Waals surface area contributed by atoms with Gasteiger partial charge in [0.1, 0.15) is 5.75 Å². The number of carbonyl (C=O) groups excluding carboxylic acids is 1. The Labute approximate surface area is 127 Å². The fourth-order valence-corrected chi connectivity index (χ4v) is 2.28. The van der Waals surface area contributed by atoms with Gasteiger partial charge in [-0.25, -0.2) is 4.79 Å². The van der Waals surface area contributed by atoms with Gasteiger partial charge in [-0.15, -0.1) is 0 Å². The van der Waals surface area contributed by atoms with Crippen LogP contribution < -0.4 is 4.74 Å². The van der Waals surface area contributed by atoms with Crippen LogP contribution >= 0.6 is 0 Å². The molecule has 0 saturated carbocycles. The molecule has 0 radical (unpaired) electrons. The van der Waals surface area contributed by atoms with E-state index in [9.17, 15) is 14.9 Å². The Morgan fingerprint density at radius 3 is 2.50 bits per heavy atom. The number of non-ortho nitro benzene ring substituents is 1. The minimum atomic E-state index is -0.469. The van der Waals surface area contributed by atoms with Crippen LogP contribution in [0.1, 0.15) is 15.9 Å². The van der Waals surface area contributed by atoms with E-state index in [4.69, 9.17) is 9.47 Å². The average molecular weight is 301 g/mol. The molecule has 0 aliphatic heterocycles. The molecule has 6 nitrogen and oxygen atoms in total. The van der Waals surface area contributed by atoms with Crippen molar-refractivity contribution in [3.05, 3.63) is 57.6 Å². The van der Waals surface area contributed by atoms with Crippen molar-refractivity contribution in [3.8, 4) is 16.9 Å². The molecule has 0 aliphatic carbocycles. The summed E-state index contributed by atoms with van der Waals surface area (Å²) >= 11 is 0. The fourth-order valence-electron chi connectivity index (χ4n) is 2.28. The third-order valence-electron chi connectivity index (χ3n) is 3.27. The average Bonchev–Trinajstić information content (AvgIpc) is 2.53. The molecule has 0 N–H and O–H groups in total. The van der Waals surface area contributed by atoms with Gasteiger partial charge >= 0.3 is 5.97 Å². The lowest BCUT2D eigenvalue weighted by molar-refractivity contribution is -0.384. The molecule has 2 rings (SSSR count). The Morgan fingerprint density at radius 2 is 1.91 bits per heavy atom. The molecule has 2 aromatic rings. The van der Waals surface area contributed by atoms with E-state index in [1.807, 2.05) is 0 Å². The van der Waals surface area contributed by atoms with E-state index in [1.54, 1.807) is 31.2 Å². The van der Waals surface area contributed by atoms with Crippen LogP contribution in [0.25, 0.3) is 11.1 Å². The maximum absolute atomic E-state index is 11.6. The lowest BCUT2D eigenvalue weighted by Crippen LogP contribution is -2.01. The minimum Gasteiger partial charge on any atom is -0.496 e.